The molecule has 8 heteroatoms. The summed E-state index contributed by atoms with van der Waals surface area (Å²) in [6.45, 7) is 4.46. The molecule has 0 N–H and O–H groups in total. The minimum absolute atomic E-state index is 0.0967. The molecule has 0 spiro atoms. The van der Waals surface area contributed by atoms with Crippen LogP contribution in [0.2, 0.25) is 0 Å². The third kappa shape index (κ3) is 3.74. The number of benzene rings is 2. The zero-order valence-electron chi connectivity index (χ0n) is 17.3. The van der Waals surface area contributed by atoms with E-state index in [0.29, 0.717) is 35.7 Å². The average Bonchev–Trinajstić information content (AvgIpc) is 3.41. The fourth-order valence-corrected chi connectivity index (χ4v) is 4.10. The first kappa shape index (κ1) is 19.6. The number of carbonyl (C=O) groups excluding carboxylic acids is 1. The first-order chi connectivity index (χ1) is 15.1. The largest absolute Gasteiger partial charge is 0.493 e. The van der Waals surface area contributed by atoms with Crippen LogP contribution in [0.3, 0.4) is 0 Å². The van der Waals surface area contributed by atoms with Gasteiger partial charge in [0.1, 0.15) is 5.82 Å². The lowest BCUT2D eigenvalue weighted by Gasteiger charge is -2.34. The Morgan fingerprint density at radius 2 is 1.97 bits per heavy atom. The number of para-hydroxylation sites is 1. The smallest absolute Gasteiger partial charge is 0.289 e. The molecule has 0 radical (unpaired) electrons. The average molecular weight is 422 g/mol. The molecule has 4 aromatic rings. The number of imidazole rings is 1. The van der Waals surface area contributed by atoms with Gasteiger partial charge >= 0.3 is 0 Å². The Bertz CT molecular complexity index is 1240. The predicted molar refractivity (Wildman–Crippen MR) is 115 cm³/mol. The Kier molecular flexibility index (Phi) is 5.07. The summed E-state index contributed by atoms with van der Waals surface area (Å²) in [4.78, 5) is 21.3. The van der Waals surface area contributed by atoms with Crippen LogP contribution in [0.15, 0.2) is 53.2 Å². The molecular weight excluding hydrogens is 399 g/mol. The van der Waals surface area contributed by atoms with Crippen molar-refractivity contribution in [2.75, 3.05) is 39.8 Å². The van der Waals surface area contributed by atoms with Crippen LogP contribution >= 0.6 is 0 Å². The van der Waals surface area contributed by atoms with Crippen LogP contribution in [0.4, 0.5) is 4.39 Å². The van der Waals surface area contributed by atoms with Crippen molar-refractivity contribution in [1.29, 1.82) is 0 Å². The molecule has 2 aromatic carbocycles. The lowest BCUT2D eigenvalue weighted by atomic mass is 10.2. The van der Waals surface area contributed by atoms with Gasteiger partial charge in [-0.05, 0) is 24.3 Å². The van der Waals surface area contributed by atoms with Gasteiger partial charge in [0.05, 0.1) is 24.5 Å². The molecule has 0 bridgehead atoms. The van der Waals surface area contributed by atoms with Gasteiger partial charge in [-0.3, -0.25) is 9.69 Å². The SMILES string of the molecule is COc1cccc2cc(C(=O)N3CCN(CCn4cnc5cc(F)ccc54)CC3)oc12. The highest BCUT2D eigenvalue weighted by atomic mass is 19.1. The van der Waals surface area contributed by atoms with Crippen LogP contribution in [0.1, 0.15) is 10.6 Å². The summed E-state index contributed by atoms with van der Waals surface area (Å²) in [5.74, 6) is 0.586. The molecule has 5 rings (SSSR count). The number of fused-ring (bicyclic) bond motifs is 2. The molecule has 3 heterocycles. The number of rotatable bonds is 5. The molecular formula is C23H23FN4O3. The number of hydrogen-bond acceptors (Lipinski definition) is 5. The van der Waals surface area contributed by atoms with Crippen molar-refractivity contribution in [2.45, 2.75) is 6.54 Å². The van der Waals surface area contributed by atoms with Crippen LogP contribution in [-0.2, 0) is 6.54 Å². The number of ether oxygens (including phenoxy) is 1. The summed E-state index contributed by atoms with van der Waals surface area (Å²) in [7, 11) is 1.59. The molecule has 160 valence electrons. The minimum Gasteiger partial charge on any atom is -0.493 e. The Balaban J connectivity index is 1.19. The molecule has 7 nitrogen and oxygen atoms in total. The summed E-state index contributed by atoms with van der Waals surface area (Å²) in [5, 5.41) is 0.855. The molecule has 0 saturated carbocycles. The molecule has 1 aliphatic rings. The lowest BCUT2D eigenvalue weighted by molar-refractivity contribution is 0.0605. The number of amides is 1. The number of halogens is 1. The van der Waals surface area contributed by atoms with Gasteiger partial charge in [-0.15, -0.1) is 0 Å². The monoisotopic (exact) mass is 422 g/mol. The third-order valence-corrected chi connectivity index (χ3v) is 5.84. The van der Waals surface area contributed by atoms with Gasteiger partial charge in [0.2, 0.25) is 0 Å². The second-order valence-electron chi connectivity index (χ2n) is 7.69. The quantitative estimate of drug-likeness (QED) is 0.493. The van der Waals surface area contributed by atoms with Crippen LogP contribution in [-0.4, -0.2) is 65.1 Å². The van der Waals surface area contributed by atoms with Crippen molar-refractivity contribution in [3.63, 3.8) is 0 Å². The van der Waals surface area contributed by atoms with Gasteiger partial charge in [0, 0.05) is 50.7 Å². The van der Waals surface area contributed by atoms with Crippen LogP contribution in [0.25, 0.3) is 22.0 Å². The first-order valence-corrected chi connectivity index (χ1v) is 10.3. The van der Waals surface area contributed by atoms with Crippen LogP contribution in [0.5, 0.6) is 5.75 Å². The highest BCUT2D eigenvalue weighted by Crippen LogP contribution is 2.29. The van der Waals surface area contributed by atoms with E-state index in [-0.39, 0.29) is 11.7 Å². The first-order valence-electron chi connectivity index (χ1n) is 10.3. The van der Waals surface area contributed by atoms with E-state index < -0.39 is 0 Å². The highest BCUT2D eigenvalue weighted by Gasteiger charge is 2.25. The Hall–Kier alpha value is -3.39. The molecule has 1 aliphatic heterocycles. The molecule has 31 heavy (non-hydrogen) atoms. The Morgan fingerprint density at radius 1 is 1.13 bits per heavy atom. The second kappa shape index (κ2) is 8.03. The maximum absolute atomic E-state index is 13.3. The number of methoxy groups -OCH3 is 1. The van der Waals surface area contributed by atoms with Crippen molar-refractivity contribution >= 4 is 27.9 Å². The van der Waals surface area contributed by atoms with E-state index in [1.54, 1.807) is 25.6 Å². The van der Waals surface area contributed by atoms with E-state index in [4.69, 9.17) is 9.15 Å². The molecule has 1 fully saturated rings. The standard InChI is InChI=1S/C23H23FN4O3/c1-30-20-4-2-3-16-13-21(31-22(16)20)23(29)27-10-7-26(8-11-27)9-12-28-15-25-18-14-17(24)5-6-19(18)28/h2-6,13-15H,7-12H2,1H3. The van der Waals surface area contributed by atoms with Gasteiger partial charge in [-0.25, -0.2) is 9.37 Å². The Morgan fingerprint density at radius 3 is 2.77 bits per heavy atom. The minimum atomic E-state index is -0.276. The van der Waals surface area contributed by atoms with E-state index in [9.17, 15) is 9.18 Å². The van der Waals surface area contributed by atoms with E-state index in [2.05, 4.69) is 9.88 Å². The third-order valence-electron chi connectivity index (χ3n) is 5.84. The van der Waals surface area contributed by atoms with E-state index in [1.165, 1.54) is 12.1 Å². The van der Waals surface area contributed by atoms with Gasteiger partial charge in [0.25, 0.3) is 5.91 Å². The highest BCUT2D eigenvalue weighted by molar-refractivity contribution is 5.97. The van der Waals surface area contributed by atoms with Crippen LogP contribution < -0.4 is 4.74 Å². The normalized spacial score (nSPS) is 15.1. The topological polar surface area (TPSA) is 63.7 Å². The zero-order chi connectivity index (χ0) is 21.4. The van der Waals surface area contributed by atoms with E-state index >= 15 is 0 Å². The number of nitrogens with zero attached hydrogens (tertiary/aromatic N) is 4. The molecule has 1 amide bonds. The van der Waals surface area contributed by atoms with Crippen molar-refractivity contribution in [3.05, 3.63) is 60.4 Å². The summed E-state index contributed by atoms with van der Waals surface area (Å²) in [5.41, 5.74) is 2.19. The number of furan rings is 1. The van der Waals surface area contributed by atoms with E-state index in [1.807, 2.05) is 27.7 Å². The van der Waals surface area contributed by atoms with Gasteiger partial charge in [0.15, 0.2) is 17.1 Å². The van der Waals surface area contributed by atoms with Crippen molar-refractivity contribution in [3.8, 4) is 5.75 Å². The maximum Gasteiger partial charge on any atom is 0.289 e. The molecule has 1 saturated heterocycles. The number of aromatic nitrogens is 2. The Labute approximate surface area is 178 Å². The number of piperazine rings is 1. The van der Waals surface area contributed by atoms with Crippen LogP contribution in [0, 0.1) is 5.82 Å². The lowest BCUT2D eigenvalue weighted by Crippen LogP contribution is -2.49. The molecule has 2 aromatic heterocycles. The van der Waals surface area contributed by atoms with Crippen molar-refractivity contribution in [2.24, 2.45) is 0 Å². The molecule has 0 unspecified atom stereocenters. The number of hydrogen-bond donors (Lipinski definition) is 0. The summed E-state index contributed by atoms with van der Waals surface area (Å²) < 4.78 is 26.5. The van der Waals surface area contributed by atoms with E-state index in [0.717, 1.165) is 37.1 Å². The number of carbonyl (C=O) groups is 1. The van der Waals surface area contributed by atoms with Gasteiger partial charge in [-0.1, -0.05) is 12.1 Å². The summed E-state index contributed by atoms with van der Waals surface area (Å²) in [6.07, 6.45) is 1.75. The molecule has 0 atom stereocenters. The maximum atomic E-state index is 13.3. The molecule has 0 aliphatic carbocycles. The van der Waals surface area contributed by atoms with Crippen molar-refractivity contribution < 1.29 is 18.3 Å². The predicted octanol–water partition coefficient (Wildman–Crippen LogP) is 3.39. The fraction of sp³-hybridized carbons (Fsp3) is 0.304. The second-order valence-corrected chi connectivity index (χ2v) is 7.69. The van der Waals surface area contributed by atoms with Gasteiger partial charge in [-0.2, -0.15) is 0 Å². The van der Waals surface area contributed by atoms with Gasteiger partial charge < -0.3 is 18.6 Å². The fourth-order valence-electron chi connectivity index (χ4n) is 4.10. The summed E-state index contributed by atoms with van der Waals surface area (Å²) in [6, 6.07) is 12.0. The summed E-state index contributed by atoms with van der Waals surface area (Å²) >= 11 is 0. The zero-order valence-corrected chi connectivity index (χ0v) is 17.3. The van der Waals surface area contributed by atoms with Crippen molar-refractivity contribution in [1.82, 2.24) is 19.4 Å².